The second-order valence-electron chi connectivity index (χ2n) is 14.2. The van der Waals surface area contributed by atoms with Crippen molar-refractivity contribution in [3.63, 3.8) is 0 Å². The molecule has 0 saturated heterocycles. The van der Waals surface area contributed by atoms with Gasteiger partial charge in [-0.1, -0.05) is 120 Å². The molecule has 5 aromatic carbocycles. The second kappa shape index (κ2) is 20.7. The fraction of sp³-hybridized carbons (Fsp3) is 0.262. The van der Waals surface area contributed by atoms with Crippen LogP contribution in [0.4, 0.5) is 26.3 Å². The van der Waals surface area contributed by atoms with Gasteiger partial charge in [0.2, 0.25) is 0 Å². The van der Waals surface area contributed by atoms with E-state index < -0.39 is 33.2 Å². The molecule has 0 radical (unpaired) electrons. The standard InChI is InChI=1S/C18H15S.2C10H13I.C4H2F6O5S/c1-4-10-16(11-5-1)19(17-12-6-2-7-13-17)18-14-8-3-9-15-18;2*1-10(2,3)8-4-6-9(11)7-5-8;5-2(6,1(11)12)3(7,8)4(9,10)16(13,14)15/h1-15H;2*4-7H,1-3H3;(H,11,12)(H,13,14,15)/q+1;;;/p-1. The molecular formula is C42H42F6I2O5S2. The minimum Gasteiger partial charge on any atom is -0.743 e. The van der Waals surface area contributed by atoms with Gasteiger partial charge in [-0.3, -0.25) is 0 Å². The summed E-state index contributed by atoms with van der Waals surface area (Å²) in [7, 11) is -7.17. The van der Waals surface area contributed by atoms with Crippen LogP contribution in [0.2, 0.25) is 0 Å². The lowest BCUT2D eigenvalue weighted by molar-refractivity contribution is -0.277. The number of benzene rings is 5. The zero-order chi connectivity index (χ0) is 43.5. The number of aliphatic carboxylic acids is 1. The Morgan fingerprint density at radius 2 is 0.807 bits per heavy atom. The fourth-order valence-electron chi connectivity index (χ4n) is 4.45. The number of rotatable bonds is 7. The molecule has 5 nitrogen and oxygen atoms in total. The van der Waals surface area contributed by atoms with Crippen LogP contribution in [0.3, 0.4) is 0 Å². The van der Waals surface area contributed by atoms with Crippen LogP contribution in [-0.2, 0) is 36.6 Å². The van der Waals surface area contributed by atoms with Crippen molar-refractivity contribution in [1.82, 2.24) is 0 Å². The summed E-state index contributed by atoms with van der Waals surface area (Å²) >= 11 is 4.65. The Hall–Kier alpha value is -3.13. The summed E-state index contributed by atoms with van der Waals surface area (Å²) < 4.78 is 105. The number of halogens is 8. The molecule has 0 heterocycles. The maximum Gasteiger partial charge on any atom is 0.411 e. The van der Waals surface area contributed by atoms with Gasteiger partial charge in [-0.15, -0.1) is 0 Å². The first kappa shape index (κ1) is 50.0. The van der Waals surface area contributed by atoms with Crippen molar-refractivity contribution < 1.29 is 49.2 Å². The molecule has 0 aliphatic heterocycles. The zero-order valence-corrected chi connectivity index (χ0v) is 37.6. The molecule has 0 amide bonds. The van der Waals surface area contributed by atoms with Crippen molar-refractivity contribution in [3.8, 4) is 0 Å². The molecule has 15 heteroatoms. The first-order chi connectivity index (χ1) is 26.1. The molecule has 57 heavy (non-hydrogen) atoms. The number of carboxylic acids is 1. The van der Waals surface area contributed by atoms with E-state index in [1.807, 2.05) is 0 Å². The molecule has 0 aromatic heterocycles. The lowest BCUT2D eigenvalue weighted by Gasteiger charge is -2.31. The maximum absolute atomic E-state index is 12.3. The van der Waals surface area contributed by atoms with Crippen molar-refractivity contribution in [1.29, 1.82) is 0 Å². The molecule has 0 aliphatic rings. The summed E-state index contributed by atoms with van der Waals surface area (Å²) in [4.78, 5) is 13.7. The van der Waals surface area contributed by atoms with Gasteiger partial charge in [-0.05, 0) is 128 Å². The second-order valence-corrected chi connectivity index (χ2v) is 20.1. The molecule has 0 bridgehead atoms. The topological polar surface area (TPSA) is 94.5 Å². The van der Waals surface area contributed by atoms with Crippen molar-refractivity contribution in [2.45, 2.75) is 84.2 Å². The number of hydrogen-bond donors (Lipinski definition) is 1. The number of alkyl halides is 6. The van der Waals surface area contributed by atoms with E-state index >= 15 is 0 Å². The van der Waals surface area contributed by atoms with E-state index in [0.29, 0.717) is 0 Å². The molecule has 5 rings (SSSR count). The third-order valence-electron chi connectivity index (χ3n) is 7.70. The van der Waals surface area contributed by atoms with Gasteiger partial charge in [-0.25, -0.2) is 13.2 Å². The maximum atomic E-state index is 12.3. The third-order valence-corrected chi connectivity index (χ3v) is 12.3. The number of carboxylic acid groups (broad SMARTS) is 1. The van der Waals surface area contributed by atoms with Gasteiger partial charge in [0.25, 0.3) is 0 Å². The van der Waals surface area contributed by atoms with Crippen molar-refractivity contribution in [2.75, 3.05) is 0 Å². The van der Waals surface area contributed by atoms with Crippen LogP contribution >= 0.6 is 45.2 Å². The normalized spacial score (nSPS) is 12.2. The number of hydrogen-bond acceptors (Lipinski definition) is 4. The van der Waals surface area contributed by atoms with Gasteiger partial charge in [-0.2, -0.15) is 26.3 Å². The molecule has 0 atom stereocenters. The lowest BCUT2D eigenvalue weighted by atomic mass is 9.87. The highest BCUT2D eigenvalue weighted by Gasteiger charge is 2.78. The average Bonchev–Trinajstić information content (AvgIpc) is 3.13. The predicted octanol–water partition coefficient (Wildman–Crippen LogP) is 12.4. The van der Waals surface area contributed by atoms with E-state index in [1.165, 1.54) is 33.0 Å². The molecule has 0 spiro atoms. The molecule has 0 fully saturated rings. The third kappa shape index (κ3) is 14.3. The van der Waals surface area contributed by atoms with Gasteiger partial charge in [0, 0.05) is 7.14 Å². The molecule has 308 valence electrons. The SMILES string of the molecule is CC(C)(C)c1ccc(I)cc1.CC(C)(C)c1ccc(I)cc1.O=C(O)C(F)(F)C(F)(F)C(F)(F)S(=O)(=O)[O-].c1ccc([S+](c2ccccc2)c2ccccc2)cc1. The minimum absolute atomic E-state index is 0.0146. The van der Waals surface area contributed by atoms with Crippen LogP contribution in [0.15, 0.2) is 154 Å². The summed E-state index contributed by atoms with van der Waals surface area (Å²) in [5, 5.41) is 0.798. The van der Waals surface area contributed by atoms with E-state index in [0.717, 1.165) is 0 Å². The smallest absolute Gasteiger partial charge is 0.411 e. The highest BCUT2D eigenvalue weighted by Crippen LogP contribution is 2.48. The number of carbonyl (C=O) groups is 1. The Morgan fingerprint density at radius 1 is 0.544 bits per heavy atom. The van der Waals surface area contributed by atoms with E-state index in [-0.39, 0.29) is 21.7 Å². The fourth-order valence-corrected chi connectivity index (χ4v) is 7.72. The highest BCUT2D eigenvalue weighted by atomic mass is 127. The molecule has 5 aromatic rings. The quantitative estimate of drug-likeness (QED) is 0.0758. The molecular weight excluding hydrogens is 1020 g/mol. The molecule has 0 aliphatic carbocycles. The summed E-state index contributed by atoms with van der Waals surface area (Å²) in [6, 6.07) is 49.6. The van der Waals surface area contributed by atoms with Gasteiger partial charge in [0.15, 0.2) is 24.8 Å². The Labute approximate surface area is 360 Å². The summed E-state index contributed by atoms with van der Waals surface area (Å²) in [6.07, 6.45) is 0. The van der Waals surface area contributed by atoms with Gasteiger partial charge in [0.05, 0.1) is 10.9 Å². The van der Waals surface area contributed by atoms with E-state index in [2.05, 4.69) is 226 Å². The van der Waals surface area contributed by atoms with Crippen molar-refractivity contribution in [3.05, 3.63) is 158 Å². The molecule has 1 N–H and O–H groups in total. The van der Waals surface area contributed by atoms with E-state index in [9.17, 15) is 44.1 Å². The van der Waals surface area contributed by atoms with Crippen LogP contribution in [0.1, 0.15) is 52.7 Å². The van der Waals surface area contributed by atoms with Crippen LogP contribution < -0.4 is 0 Å². The van der Waals surface area contributed by atoms with E-state index in [1.54, 1.807) is 0 Å². The van der Waals surface area contributed by atoms with Gasteiger partial charge >= 0.3 is 23.1 Å². The monoisotopic (exact) mass is 1060 g/mol. The Kier molecular flexibility index (Phi) is 18.2. The summed E-state index contributed by atoms with van der Waals surface area (Å²) in [5.41, 5.74) is 3.37. The zero-order valence-electron chi connectivity index (χ0n) is 31.7. The van der Waals surface area contributed by atoms with Crippen LogP contribution in [-0.4, -0.2) is 41.1 Å². The minimum atomic E-state index is -7.15. The predicted molar refractivity (Wildman–Crippen MR) is 229 cm³/mol. The van der Waals surface area contributed by atoms with Crippen LogP contribution in [0, 0.1) is 7.14 Å². The molecule has 0 saturated carbocycles. The van der Waals surface area contributed by atoms with Crippen LogP contribution in [0.25, 0.3) is 0 Å². The van der Waals surface area contributed by atoms with Gasteiger partial charge < -0.3 is 9.66 Å². The van der Waals surface area contributed by atoms with Crippen molar-refractivity contribution in [2.24, 2.45) is 0 Å². The largest absolute Gasteiger partial charge is 0.743 e. The van der Waals surface area contributed by atoms with Gasteiger partial charge in [0.1, 0.15) is 0 Å². The Balaban J connectivity index is 0.000000270. The first-order valence-electron chi connectivity index (χ1n) is 16.9. The average molecular weight is 1060 g/mol. The Morgan fingerprint density at radius 3 is 1.02 bits per heavy atom. The Bertz CT molecular complexity index is 1950. The highest BCUT2D eigenvalue weighted by molar-refractivity contribution is 14.1. The van der Waals surface area contributed by atoms with Crippen LogP contribution in [0.5, 0.6) is 0 Å². The first-order valence-corrected chi connectivity index (χ1v) is 21.7. The van der Waals surface area contributed by atoms with E-state index in [4.69, 9.17) is 5.11 Å². The summed E-state index contributed by atoms with van der Waals surface area (Å²) in [6.45, 7) is 13.4. The lowest BCUT2D eigenvalue weighted by Crippen LogP contribution is -2.60. The molecule has 0 unspecified atom stereocenters. The van der Waals surface area contributed by atoms with Crippen molar-refractivity contribution >= 4 is 72.2 Å². The summed E-state index contributed by atoms with van der Waals surface area (Å²) in [5.74, 6) is -17.0.